The van der Waals surface area contributed by atoms with Crippen LogP contribution >= 0.6 is 0 Å². The maximum atomic E-state index is 5.63. The van der Waals surface area contributed by atoms with Crippen molar-refractivity contribution in [2.75, 3.05) is 19.8 Å². The summed E-state index contributed by atoms with van der Waals surface area (Å²) in [5.41, 5.74) is 2.41. The monoisotopic (exact) mass is 251 g/mol. The van der Waals surface area contributed by atoms with Crippen molar-refractivity contribution in [3.8, 4) is 0 Å². The van der Waals surface area contributed by atoms with Gasteiger partial charge in [0.1, 0.15) is 0 Å². The maximum Gasteiger partial charge on any atom is 0.0717 e. The molecule has 0 spiro atoms. The summed E-state index contributed by atoms with van der Waals surface area (Å²) in [7, 11) is 0. The van der Waals surface area contributed by atoms with Gasteiger partial charge in [-0.1, -0.05) is 38.1 Å². The van der Waals surface area contributed by atoms with Gasteiger partial charge in [-0.15, -0.1) is 0 Å². The topological polar surface area (TPSA) is 30.5 Å². The first-order valence-corrected chi connectivity index (χ1v) is 6.69. The van der Waals surface area contributed by atoms with Crippen LogP contribution in [0.1, 0.15) is 31.9 Å². The molecule has 0 aliphatic carbocycles. The van der Waals surface area contributed by atoms with Gasteiger partial charge in [-0.2, -0.15) is 0 Å². The third-order valence-corrected chi connectivity index (χ3v) is 2.53. The van der Waals surface area contributed by atoms with Crippen molar-refractivity contribution in [1.82, 2.24) is 5.32 Å². The summed E-state index contributed by atoms with van der Waals surface area (Å²) in [5, 5.41) is 3.33. The van der Waals surface area contributed by atoms with Crippen LogP contribution in [0.25, 0.3) is 0 Å². The summed E-state index contributed by atoms with van der Waals surface area (Å²) in [4.78, 5) is 0. The quantitative estimate of drug-likeness (QED) is 0.685. The number of hydrogen-bond donors (Lipinski definition) is 1. The summed E-state index contributed by atoms with van der Waals surface area (Å²) >= 11 is 0. The molecule has 0 atom stereocenters. The van der Waals surface area contributed by atoms with E-state index < -0.39 is 0 Å². The summed E-state index contributed by atoms with van der Waals surface area (Å²) in [6.45, 7) is 10.0. The molecule has 1 N–H and O–H groups in total. The fourth-order valence-corrected chi connectivity index (χ4v) is 1.64. The van der Waals surface area contributed by atoms with Gasteiger partial charge in [0.15, 0.2) is 0 Å². The van der Waals surface area contributed by atoms with E-state index in [9.17, 15) is 0 Å². The van der Waals surface area contributed by atoms with Crippen LogP contribution in [0, 0.1) is 0 Å². The molecule has 0 aliphatic rings. The first-order valence-electron chi connectivity index (χ1n) is 6.69. The molecule has 1 aromatic rings. The van der Waals surface area contributed by atoms with Crippen molar-refractivity contribution in [1.29, 1.82) is 0 Å². The molecule has 0 amide bonds. The molecule has 0 bridgehead atoms. The van der Waals surface area contributed by atoms with E-state index in [1.165, 1.54) is 11.1 Å². The minimum Gasteiger partial charge on any atom is -0.377 e. The molecule has 0 radical (unpaired) electrons. The van der Waals surface area contributed by atoms with Gasteiger partial charge in [0.05, 0.1) is 19.8 Å². The number of rotatable bonds is 9. The Morgan fingerprint density at radius 3 is 2.39 bits per heavy atom. The molecule has 18 heavy (non-hydrogen) atoms. The van der Waals surface area contributed by atoms with Gasteiger partial charge in [-0.05, 0) is 18.1 Å². The third-order valence-electron chi connectivity index (χ3n) is 2.53. The number of nitrogens with one attached hydrogen (secondary N) is 1. The Bertz CT molecular complexity index is 326. The Morgan fingerprint density at radius 2 is 1.78 bits per heavy atom. The molecule has 1 rings (SSSR count). The van der Waals surface area contributed by atoms with Crippen molar-refractivity contribution in [3.63, 3.8) is 0 Å². The smallest absolute Gasteiger partial charge is 0.0717 e. The fourth-order valence-electron chi connectivity index (χ4n) is 1.64. The highest BCUT2D eigenvalue weighted by Gasteiger charge is 1.97. The lowest BCUT2D eigenvalue weighted by atomic mass is 10.1. The first-order chi connectivity index (χ1) is 8.72. The molecule has 0 aromatic heterocycles. The summed E-state index contributed by atoms with van der Waals surface area (Å²) in [6, 6.07) is 8.89. The molecular weight excluding hydrogens is 226 g/mol. The summed E-state index contributed by atoms with van der Waals surface area (Å²) in [5.74, 6) is 0. The molecule has 0 aliphatic heterocycles. The lowest BCUT2D eigenvalue weighted by molar-refractivity contribution is 0.120. The minimum atomic E-state index is 0.517. The molecule has 3 heteroatoms. The molecular formula is C15H25NO2. The highest BCUT2D eigenvalue weighted by atomic mass is 16.5. The number of benzene rings is 1. The maximum absolute atomic E-state index is 5.63. The van der Waals surface area contributed by atoms with Gasteiger partial charge in [-0.3, -0.25) is 0 Å². The molecule has 0 saturated heterocycles. The van der Waals surface area contributed by atoms with Crippen molar-refractivity contribution < 1.29 is 9.47 Å². The molecule has 102 valence electrons. The summed E-state index contributed by atoms with van der Waals surface area (Å²) < 4.78 is 11.0. The van der Waals surface area contributed by atoms with E-state index in [0.29, 0.717) is 19.3 Å². The highest BCUT2D eigenvalue weighted by Crippen LogP contribution is 2.07. The predicted molar refractivity (Wildman–Crippen MR) is 74.6 cm³/mol. The highest BCUT2D eigenvalue weighted by molar-refractivity contribution is 5.22. The largest absolute Gasteiger partial charge is 0.377 e. The molecule has 1 aromatic carbocycles. The normalized spacial score (nSPS) is 11.1. The van der Waals surface area contributed by atoms with Crippen molar-refractivity contribution in [2.45, 2.75) is 40.0 Å². The average Bonchev–Trinajstić information content (AvgIpc) is 2.36. The zero-order valence-corrected chi connectivity index (χ0v) is 11.7. The Labute approximate surface area is 110 Å². The van der Waals surface area contributed by atoms with Crippen LogP contribution in [0.5, 0.6) is 0 Å². The van der Waals surface area contributed by atoms with Gasteiger partial charge in [0.25, 0.3) is 0 Å². The van der Waals surface area contributed by atoms with Crippen LogP contribution in [0.3, 0.4) is 0 Å². The second-order valence-corrected chi connectivity index (χ2v) is 4.62. The van der Waals surface area contributed by atoms with Crippen molar-refractivity contribution >= 4 is 0 Å². The number of ether oxygens (including phenoxy) is 2. The SMILES string of the molecule is CCOCc1cccc(COCCNC(C)C)c1. The number of hydrogen-bond acceptors (Lipinski definition) is 3. The summed E-state index contributed by atoms with van der Waals surface area (Å²) in [6.07, 6.45) is 0. The Morgan fingerprint density at radius 1 is 1.11 bits per heavy atom. The molecule has 0 saturated carbocycles. The van der Waals surface area contributed by atoms with Crippen LogP contribution < -0.4 is 5.32 Å². The second-order valence-electron chi connectivity index (χ2n) is 4.62. The van der Waals surface area contributed by atoms with Gasteiger partial charge in [0, 0.05) is 19.2 Å². The van der Waals surface area contributed by atoms with E-state index in [1.807, 2.05) is 6.92 Å². The average molecular weight is 251 g/mol. The zero-order valence-electron chi connectivity index (χ0n) is 11.7. The molecule has 0 heterocycles. The van der Waals surface area contributed by atoms with E-state index in [2.05, 4.69) is 43.4 Å². The van der Waals surface area contributed by atoms with E-state index in [-0.39, 0.29) is 0 Å². The van der Waals surface area contributed by atoms with Gasteiger partial charge in [-0.25, -0.2) is 0 Å². The second kappa shape index (κ2) is 9.09. The standard InChI is InChI=1S/C15H25NO2/c1-4-17-11-14-6-5-7-15(10-14)12-18-9-8-16-13(2)3/h5-7,10,13,16H,4,8-9,11-12H2,1-3H3. The van der Waals surface area contributed by atoms with Crippen LogP contribution in [-0.4, -0.2) is 25.8 Å². The predicted octanol–water partition coefficient (Wildman–Crippen LogP) is 2.74. The molecule has 0 fully saturated rings. The molecule has 3 nitrogen and oxygen atoms in total. The van der Waals surface area contributed by atoms with Crippen LogP contribution in [0.4, 0.5) is 0 Å². The molecule has 0 unspecified atom stereocenters. The Balaban J connectivity index is 2.24. The lowest BCUT2D eigenvalue weighted by Gasteiger charge is -2.09. The third kappa shape index (κ3) is 6.74. The van der Waals surface area contributed by atoms with E-state index in [1.54, 1.807) is 0 Å². The van der Waals surface area contributed by atoms with E-state index >= 15 is 0 Å². The van der Waals surface area contributed by atoms with Crippen LogP contribution in [0.2, 0.25) is 0 Å². The lowest BCUT2D eigenvalue weighted by Crippen LogP contribution is -2.26. The Hall–Kier alpha value is -0.900. The van der Waals surface area contributed by atoms with Gasteiger partial charge >= 0.3 is 0 Å². The minimum absolute atomic E-state index is 0.517. The van der Waals surface area contributed by atoms with Gasteiger partial charge in [0.2, 0.25) is 0 Å². The van der Waals surface area contributed by atoms with Crippen LogP contribution in [-0.2, 0) is 22.7 Å². The first kappa shape index (κ1) is 15.2. The zero-order chi connectivity index (χ0) is 13.2. The van der Waals surface area contributed by atoms with E-state index in [4.69, 9.17) is 9.47 Å². The van der Waals surface area contributed by atoms with E-state index in [0.717, 1.165) is 19.8 Å². The van der Waals surface area contributed by atoms with Crippen molar-refractivity contribution in [3.05, 3.63) is 35.4 Å². The van der Waals surface area contributed by atoms with Gasteiger partial charge < -0.3 is 14.8 Å². The van der Waals surface area contributed by atoms with Crippen molar-refractivity contribution in [2.24, 2.45) is 0 Å². The Kier molecular flexibility index (Phi) is 7.65. The fraction of sp³-hybridized carbons (Fsp3) is 0.600. The van der Waals surface area contributed by atoms with Crippen LogP contribution in [0.15, 0.2) is 24.3 Å².